The summed E-state index contributed by atoms with van der Waals surface area (Å²) in [4.78, 5) is 6.16. The Bertz CT molecular complexity index is 672. The molecule has 4 rings (SSSR count). The van der Waals surface area contributed by atoms with Crippen LogP contribution in [0.25, 0.3) is 0 Å². The third-order valence-electron chi connectivity index (χ3n) is 6.16. The van der Waals surface area contributed by atoms with Gasteiger partial charge in [-0.25, -0.2) is 0 Å². The van der Waals surface area contributed by atoms with E-state index in [1.54, 1.807) is 4.90 Å². The van der Waals surface area contributed by atoms with Crippen molar-refractivity contribution in [2.45, 2.75) is 25.4 Å². The first-order chi connectivity index (χ1) is 12.8. The molecule has 3 nitrogen and oxygen atoms in total. The van der Waals surface area contributed by atoms with E-state index in [-0.39, 0.29) is 0 Å². The number of para-hydroxylation sites is 1. The van der Waals surface area contributed by atoms with Gasteiger partial charge in [0.2, 0.25) is 0 Å². The topological polar surface area (TPSA) is 12.1 Å². The molecule has 0 aliphatic carbocycles. The summed E-state index contributed by atoms with van der Waals surface area (Å²) in [5.74, 6) is 0. The lowest BCUT2D eigenvalue weighted by Crippen LogP contribution is -3.21. The Labute approximate surface area is 165 Å². The van der Waals surface area contributed by atoms with Crippen molar-refractivity contribution in [1.29, 1.82) is 0 Å². The average molecular weight is 416 g/mol. The number of anilines is 1. The zero-order chi connectivity index (χ0) is 17.8. The van der Waals surface area contributed by atoms with Crippen LogP contribution in [0.1, 0.15) is 18.4 Å². The number of piperazine rings is 1. The summed E-state index contributed by atoms with van der Waals surface area (Å²) in [7, 11) is 0. The van der Waals surface area contributed by atoms with Crippen LogP contribution in [0.3, 0.4) is 0 Å². The highest BCUT2D eigenvalue weighted by Crippen LogP contribution is 2.13. The number of likely N-dealkylation sites (tertiary alicyclic amines) is 1. The Morgan fingerprint density at radius 2 is 1.50 bits per heavy atom. The Morgan fingerprint density at radius 3 is 2.15 bits per heavy atom. The maximum Gasteiger partial charge on any atom is 0.103 e. The first-order valence-corrected chi connectivity index (χ1v) is 10.8. The van der Waals surface area contributed by atoms with E-state index in [9.17, 15) is 0 Å². The van der Waals surface area contributed by atoms with E-state index in [1.165, 1.54) is 74.4 Å². The molecule has 2 aromatic rings. The first kappa shape index (κ1) is 18.0. The molecule has 0 unspecified atom stereocenters. The minimum absolute atomic E-state index is 0.876. The Kier molecular flexibility index (Phi) is 5.93. The molecule has 0 amide bonds. The van der Waals surface area contributed by atoms with Crippen molar-refractivity contribution in [3.63, 3.8) is 0 Å². The fourth-order valence-corrected chi connectivity index (χ4v) is 4.87. The normalized spacial score (nSPS) is 24.6. The predicted octanol–water partition coefficient (Wildman–Crippen LogP) is 1.40. The van der Waals surface area contributed by atoms with Gasteiger partial charge in [-0.15, -0.1) is 0 Å². The standard InChI is InChI=1S/C22H28BrN3/c23-20-8-6-19(7-9-20)18-24-12-10-22(11-13-24)26-16-14-25(15-17-26)21-4-2-1-3-5-21/h1-9,22H,10-18H2/p+2. The Balaban J connectivity index is 1.23. The second kappa shape index (κ2) is 8.55. The Morgan fingerprint density at radius 1 is 0.846 bits per heavy atom. The maximum atomic E-state index is 3.53. The molecule has 0 saturated carbocycles. The summed E-state index contributed by atoms with van der Waals surface area (Å²) in [5, 5.41) is 0. The smallest absolute Gasteiger partial charge is 0.103 e. The molecule has 2 aliphatic heterocycles. The minimum Gasteiger partial charge on any atom is -0.360 e. The lowest BCUT2D eigenvalue weighted by atomic mass is 10.0. The highest BCUT2D eigenvalue weighted by molar-refractivity contribution is 9.10. The fraction of sp³-hybridized carbons (Fsp3) is 0.455. The molecule has 2 fully saturated rings. The van der Waals surface area contributed by atoms with Gasteiger partial charge in [0, 0.05) is 28.6 Å². The molecule has 2 N–H and O–H groups in total. The second-order valence-electron chi connectivity index (χ2n) is 7.81. The third kappa shape index (κ3) is 4.48. The number of halogens is 1. The molecule has 2 aliphatic rings. The van der Waals surface area contributed by atoms with E-state index in [1.807, 2.05) is 4.90 Å². The van der Waals surface area contributed by atoms with Crippen molar-refractivity contribution < 1.29 is 9.80 Å². The average Bonchev–Trinajstić information content (AvgIpc) is 2.71. The van der Waals surface area contributed by atoms with Crippen LogP contribution < -0.4 is 14.7 Å². The quantitative estimate of drug-likeness (QED) is 0.768. The lowest BCUT2D eigenvalue weighted by molar-refractivity contribution is -0.963. The van der Waals surface area contributed by atoms with Crippen molar-refractivity contribution in [2.24, 2.45) is 0 Å². The van der Waals surface area contributed by atoms with Gasteiger partial charge in [-0.1, -0.05) is 46.3 Å². The van der Waals surface area contributed by atoms with Gasteiger partial charge in [-0.2, -0.15) is 0 Å². The highest BCUT2D eigenvalue weighted by atomic mass is 79.9. The van der Waals surface area contributed by atoms with Gasteiger partial charge in [-0.05, 0) is 24.3 Å². The second-order valence-corrected chi connectivity index (χ2v) is 8.72. The number of quaternary nitrogens is 2. The van der Waals surface area contributed by atoms with Gasteiger partial charge in [-0.3, -0.25) is 0 Å². The summed E-state index contributed by atoms with van der Waals surface area (Å²) in [6.07, 6.45) is 2.76. The SMILES string of the molecule is Brc1ccc(C[NH+]2CCC([NH+]3CCN(c4ccccc4)CC3)CC2)cc1. The van der Waals surface area contributed by atoms with Crippen LogP contribution in [0.5, 0.6) is 0 Å². The van der Waals surface area contributed by atoms with Gasteiger partial charge < -0.3 is 14.7 Å². The van der Waals surface area contributed by atoms with Crippen molar-refractivity contribution in [2.75, 3.05) is 44.2 Å². The molecule has 0 radical (unpaired) electrons. The van der Waals surface area contributed by atoms with Gasteiger partial charge >= 0.3 is 0 Å². The van der Waals surface area contributed by atoms with Crippen LogP contribution in [0.15, 0.2) is 59.1 Å². The van der Waals surface area contributed by atoms with Crippen LogP contribution in [0.2, 0.25) is 0 Å². The lowest BCUT2D eigenvalue weighted by Gasteiger charge is -2.39. The van der Waals surface area contributed by atoms with E-state index in [4.69, 9.17) is 0 Å². The van der Waals surface area contributed by atoms with Gasteiger partial charge in [0.15, 0.2) is 0 Å². The molecule has 2 saturated heterocycles. The summed E-state index contributed by atoms with van der Waals surface area (Å²) in [5.41, 5.74) is 2.85. The fourth-order valence-electron chi connectivity index (χ4n) is 4.60. The number of nitrogens with one attached hydrogen (secondary N) is 2. The minimum atomic E-state index is 0.876. The molecule has 0 bridgehead atoms. The predicted molar refractivity (Wildman–Crippen MR) is 111 cm³/mol. The van der Waals surface area contributed by atoms with Gasteiger partial charge in [0.25, 0.3) is 0 Å². The zero-order valence-corrected chi connectivity index (χ0v) is 17.0. The Hall–Kier alpha value is -1.36. The largest absolute Gasteiger partial charge is 0.360 e. The van der Waals surface area contributed by atoms with E-state index < -0.39 is 0 Å². The van der Waals surface area contributed by atoms with Gasteiger partial charge in [0.05, 0.1) is 45.3 Å². The summed E-state index contributed by atoms with van der Waals surface area (Å²) < 4.78 is 1.17. The summed E-state index contributed by atoms with van der Waals surface area (Å²) >= 11 is 3.53. The van der Waals surface area contributed by atoms with Crippen LogP contribution >= 0.6 is 15.9 Å². The van der Waals surface area contributed by atoms with Crippen LogP contribution in [-0.4, -0.2) is 45.3 Å². The van der Waals surface area contributed by atoms with Crippen LogP contribution in [-0.2, 0) is 6.54 Å². The monoisotopic (exact) mass is 415 g/mol. The molecule has 0 aromatic heterocycles. The molecule has 138 valence electrons. The molecule has 2 heterocycles. The number of piperidine rings is 1. The van der Waals surface area contributed by atoms with E-state index in [0.29, 0.717) is 0 Å². The molecule has 2 aromatic carbocycles. The number of hydrogen-bond acceptors (Lipinski definition) is 1. The van der Waals surface area contributed by atoms with E-state index in [2.05, 4.69) is 75.4 Å². The van der Waals surface area contributed by atoms with Crippen molar-refractivity contribution in [1.82, 2.24) is 0 Å². The first-order valence-electron chi connectivity index (χ1n) is 10.0. The summed E-state index contributed by atoms with van der Waals surface area (Å²) in [6, 6.07) is 20.6. The molecule has 4 heteroatoms. The highest BCUT2D eigenvalue weighted by Gasteiger charge is 2.32. The molecular formula is C22H30BrN3+2. The molecule has 0 atom stereocenters. The zero-order valence-electron chi connectivity index (χ0n) is 15.5. The number of rotatable bonds is 4. The maximum absolute atomic E-state index is 3.53. The third-order valence-corrected chi connectivity index (χ3v) is 6.69. The molecule has 26 heavy (non-hydrogen) atoms. The summed E-state index contributed by atoms with van der Waals surface area (Å²) in [6.45, 7) is 8.82. The number of benzene rings is 2. The van der Waals surface area contributed by atoms with Crippen LogP contribution in [0.4, 0.5) is 5.69 Å². The van der Waals surface area contributed by atoms with Crippen LogP contribution in [0, 0.1) is 0 Å². The molecular weight excluding hydrogens is 386 g/mol. The van der Waals surface area contributed by atoms with E-state index >= 15 is 0 Å². The van der Waals surface area contributed by atoms with Crippen molar-refractivity contribution >= 4 is 21.6 Å². The number of nitrogens with zero attached hydrogens (tertiary/aromatic N) is 1. The van der Waals surface area contributed by atoms with E-state index in [0.717, 1.165) is 6.04 Å². The molecule has 0 spiro atoms. The van der Waals surface area contributed by atoms with Gasteiger partial charge in [0.1, 0.15) is 6.54 Å². The van der Waals surface area contributed by atoms with Crippen molar-refractivity contribution in [3.8, 4) is 0 Å². The van der Waals surface area contributed by atoms with Crippen molar-refractivity contribution in [3.05, 3.63) is 64.6 Å². The number of hydrogen-bond donors (Lipinski definition) is 2.